The lowest BCUT2D eigenvalue weighted by molar-refractivity contribution is -0.430. The van der Waals surface area contributed by atoms with Gasteiger partial charge in [0, 0.05) is 15.9 Å². The van der Waals surface area contributed by atoms with Gasteiger partial charge in [0.2, 0.25) is 0 Å². The van der Waals surface area contributed by atoms with Gasteiger partial charge in [-0.2, -0.15) is 0 Å². The van der Waals surface area contributed by atoms with Crippen molar-refractivity contribution in [1.82, 2.24) is 0 Å². The smallest absolute Gasteiger partial charge is 0.227 e. The van der Waals surface area contributed by atoms with Crippen molar-refractivity contribution in [2.75, 3.05) is 18.0 Å². The van der Waals surface area contributed by atoms with Gasteiger partial charge < -0.3 is 0 Å². The minimum Gasteiger partial charge on any atom is -0.227 e. The zero-order chi connectivity index (χ0) is 17.6. The van der Waals surface area contributed by atoms with Crippen LogP contribution in [0.2, 0.25) is 0 Å². The lowest BCUT2D eigenvalue weighted by Crippen LogP contribution is -2.27. The maximum Gasteiger partial charge on any atom is 0.254 e. The normalized spacial score (nSPS) is 14.7. The van der Waals surface area contributed by atoms with Gasteiger partial charge in [0.15, 0.2) is 0 Å². The van der Waals surface area contributed by atoms with Crippen LogP contribution in [-0.2, 0) is 0 Å². The molecule has 1 aliphatic rings. The first-order chi connectivity index (χ1) is 11.3. The topological polar surface area (TPSA) is 6.25 Å². The van der Waals surface area contributed by atoms with E-state index in [1.54, 1.807) is 0 Å². The van der Waals surface area contributed by atoms with Crippen LogP contribution in [0.15, 0.2) is 33.2 Å². The molecule has 0 atom stereocenters. The Kier molecular flexibility index (Phi) is 4.89. The molecule has 0 aromatic heterocycles. The molecule has 4 heteroatoms. The van der Waals surface area contributed by atoms with E-state index in [-0.39, 0.29) is 0 Å². The molecule has 1 aliphatic heterocycles. The van der Waals surface area contributed by atoms with E-state index in [2.05, 4.69) is 100 Å². The molecule has 0 saturated heterocycles. The number of aryl methyl sites for hydroxylation is 4. The maximum absolute atomic E-state index is 3.61. The van der Waals surface area contributed by atoms with Crippen molar-refractivity contribution in [3.8, 4) is 0 Å². The SMILES string of the molecule is CC1=[N+](c2c(C)cc(Br)cc2C)CCN1c1c(C)cc(Br)cc1C. The molecule has 0 amide bonds. The Morgan fingerprint density at radius 2 is 1.25 bits per heavy atom. The van der Waals surface area contributed by atoms with Crippen molar-refractivity contribution in [2.45, 2.75) is 34.6 Å². The van der Waals surface area contributed by atoms with Crippen molar-refractivity contribution in [2.24, 2.45) is 0 Å². The first kappa shape index (κ1) is 17.7. The first-order valence-corrected chi connectivity index (χ1v) is 9.80. The largest absolute Gasteiger partial charge is 0.254 e. The van der Waals surface area contributed by atoms with Gasteiger partial charge in [-0.3, -0.25) is 0 Å². The highest BCUT2D eigenvalue weighted by Crippen LogP contribution is 2.33. The predicted molar refractivity (Wildman–Crippen MR) is 110 cm³/mol. The van der Waals surface area contributed by atoms with Gasteiger partial charge >= 0.3 is 0 Å². The summed E-state index contributed by atoms with van der Waals surface area (Å²) in [6.45, 7) is 13.0. The number of hydrogen-bond acceptors (Lipinski definition) is 1. The molecule has 1 heterocycles. The third-order valence-electron chi connectivity index (χ3n) is 4.78. The standard InChI is InChI=1S/C20H23Br2N2/c1-12-8-17(21)9-13(2)19(12)23-6-7-24(16(23)5)20-14(3)10-18(22)11-15(20)4/h8-11H,6-7H2,1-5H3/q+1. The Morgan fingerprint density at radius 3 is 1.75 bits per heavy atom. The third kappa shape index (κ3) is 3.06. The van der Waals surface area contributed by atoms with Crippen LogP contribution in [0.5, 0.6) is 0 Å². The average molecular weight is 451 g/mol. The van der Waals surface area contributed by atoms with Gasteiger partial charge in [-0.1, -0.05) is 31.9 Å². The zero-order valence-electron chi connectivity index (χ0n) is 14.9. The fourth-order valence-corrected chi connectivity index (χ4v) is 5.25. The first-order valence-electron chi connectivity index (χ1n) is 8.21. The average Bonchev–Trinajstić information content (AvgIpc) is 2.79. The van der Waals surface area contributed by atoms with E-state index in [1.165, 1.54) is 39.5 Å². The summed E-state index contributed by atoms with van der Waals surface area (Å²) < 4.78 is 4.75. The highest BCUT2D eigenvalue weighted by atomic mass is 79.9. The summed E-state index contributed by atoms with van der Waals surface area (Å²) in [4.78, 5) is 2.46. The number of anilines is 1. The van der Waals surface area contributed by atoms with Crippen molar-refractivity contribution >= 4 is 49.1 Å². The summed E-state index contributed by atoms with van der Waals surface area (Å²) in [5, 5.41) is 0. The molecule has 0 bridgehead atoms. The van der Waals surface area contributed by atoms with Crippen LogP contribution in [-0.4, -0.2) is 23.5 Å². The summed E-state index contributed by atoms with van der Waals surface area (Å²) in [7, 11) is 0. The molecule has 2 nitrogen and oxygen atoms in total. The molecule has 3 rings (SSSR count). The predicted octanol–water partition coefficient (Wildman–Crippen LogP) is 6.03. The van der Waals surface area contributed by atoms with Crippen LogP contribution in [0.3, 0.4) is 0 Å². The second-order valence-electron chi connectivity index (χ2n) is 6.63. The summed E-state index contributed by atoms with van der Waals surface area (Å²) in [5.41, 5.74) is 7.93. The van der Waals surface area contributed by atoms with E-state index in [0.717, 1.165) is 22.0 Å². The number of amidine groups is 1. The molecule has 0 N–H and O–H groups in total. The van der Waals surface area contributed by atoms with E-state index in [9.17, 15) is 0 Å². The number of nitrogens with zero attached hydrogens (tertiary/aromatic N) is 2. The number of hydrogen-bond donors (Lipinski definition) is 0. The van der Waals surface area contributed by atoms with Gasteiger partial charge in [-0.15, -0.1) is 0 Å². The molecule has 24 heavy (non-hydrogen) atoms. The van der Waals surface area contributed by atoms with E-state index in [1.807, 2.05) is 0 Å². The molecule has 2 aromatic carbocycles. The Hall–Kier alpha value is -1.13. The number of halogens is 2. The van der Waals surface area contributed by atoms with Gasteiger partial charge in [0.05, 0.1) is 0 Å². The molecule has 0 spiro atoms. The summed E-state index contributed by atoms with van der Waals surface area (Å²) in [6, 6.07) is 8.81. The van der Waals surface area contributed by atoms with Crippen LogP contribution in [0.4, 0.5) is 11.4 Å². The molecular weight excluding hydrogens is 428 g/mol. The molecule has 0 radical (unpaired) electrons. The third-order valence-corrected chi connectivity index (χ3v) is 5.70. The maximum atomic E-state index is 3.61. The van der Waals surface area contributed by atoms with Crippen LogP contribution in [0.1, 0.15) is 29.2 Å². The molecule has 0 unspecified atom stereocenters. The van der Waals surface area contributed by atoms with Gasteiger partial charge in [0.1, 0.15) is 24.5 Å². The second kappa shape index (κ2) is 6.64. The molecule has 0 fully saturated rings. The fourth-order valence-electron chi connectivity index (χ4n) is 3.87. The highest BCUT2D eigenvalue weighted by molar-refractivity contribution is 9.10. The van der Waals surface area contributed by atoms with E-state index in [0.29, 0.717) is 0 Å². The molecule has 2 aromatic rings. The van der Waals surface area contributed by atoms with Crippen LogP contribution in [0, 0.1) is 27.7 Å². The number of rotatable bonds is 2. The van der Waals surface area contributed by atoms with Crippen molar-refractivity contribution in [3.05, 3.63) is 55.5 Å². The van der Waals surface area contributed by atoms with Crippen molar-refractivity contribution in [1.29, 1.82) is 0 Å². The lowest BCUT2D eigenvalue weighted by Gasteiger charge is -2.17. The van der Waals surface area contributed by atoms with Crippen molar-refractivity contribution in [3.63, 3.8) is 0 Å². The molecule has 0 saturated carbocycles. The molecule has 0 aliphatic carbocycles. The number of benzene rings is 2. The summed E-state index contributed by atoms with van der Waals surface area (Å²) >= 11 is 7.21. The van der Waals surface area contributed by atoms with Crippen LogP contribution >= 0.6 is 31.9 Å². The zero-order valence-corrected chi connectivity index (χ0v) is 18.0. The summed E-state index contributed by atoms with van der Waals surface area (Å²) in [5.74, 6) is 1.30. The Balaban J connectivity index is 2.12. The van der Waals surface area contributed by atoms with Crippen LogP contribution in [0.25, 0.3) is 0 Å². The minimum atomic E-state index is 1.02. The van der Waals surface area contributed by atoms with E-state index < -0.39 is 0 Å². The van der Waals surface area contributed by atoms with E-state index >= 15 is 0 Å². The Bertz CT molecular complexity index is 807. The van der Waals surface area contributed by atoms with E-state index in [4.69, 9.17) is 0 Å². The minimum absolute atomic E-state index is 1.02. The molecule has 126 valence electrons. The molecular formula is C20H23Br2N2+. The summed E-state index contributed by atoms with van der Waals surface area (Å²) in [6.07, 6.45) is 0. The van der Waals surface area contributed by atoms with Gasteiger partial charge in [-0.05, 0) is 74.2 Å². The second-order valence-corrected chi connectivity index (χ2v) is 8.46. The van der Waals surface area contributed by atoms with Gasteiger partial charge in [0.25, 0.3) is 5.84 Å². The fraction of sp³-hybridized carbons (Fsp3) is 0.350. The quantitative estimate of drug-likeness (QED) is 0.506. The Morgan fingerprint density at radius 1 is 0.792 bits per heavy atom. The Labute approximate surface area is 161 Å². The van der Waals surface area contributed by atoms with Gasteiger partial charge in [-0.25, -0.2) is 9.48 Å². The van der Waals surface area contributed by atoms with Crippen molar-refractivity contribution < 1.29 is 4.58 Å². The van der Waals surface area contributed by atoms with Crippen LogP contribution < -0.4 is 4.90 Å². The highest BCUT2D eigenvalue weighted by Gasteiger charge is 2.33. The lowest BCUT2D eigenvalue weighted by atomic mass is 10.1. The monoisotopic (exact) mass is 449 g/mol.